The SMILES string of the molecule is O=[N+]([O-])c1ccc(/C=N/NC(=S)Nc2ccccc2F)o1. The van der Waals surface area contributed by atoms with Crippen LogP contribution in [0.5, 0.6) is 0 Å². The molecule has 1 aromatic carbocycles. The number of hydrogen-bond donors (Lipinski definition) is 2. The van der Waals surface area contributed by atoms with Crippen LogP contribution >= 0.6 is 12.2 Å². The minimum atomic E-state index is -0.658. The molecule has 0 aliphatic rings. The van der Waals surface area contributed by atoms with Crippen molar-refractivity contribution in [2.75, 3.05) is 5.32 Å². The summed E-state index contributed by atoms with van der Waals surface area (Å²) >= 11 is 4.92. The molecule has 7 nitrogen and oxygen atoms in total. The zero-order valence-corrected chi connectivity index (χ0v) is 11.3. The molecule has 108 valence electrons. The van der Waals surface area contributed by atoms with Crippen LogP contribution in [0.4, 0.5) is 16.0 Å². The van der Waals surface area contributed by atoms with Gasteiger partial charge in [0, 0.05) is 0 Å². The molecule has 0 saturated heterocycles. The number of benzene rings is 1. The van der Waals surface area contributed by atoms with Crippen LogP contribution in [0, 0.1) is 15.9 Å². The first kappa shape index (κ1) is 14.6. The van der Waals surface area contributed by atoms with E-state index in [-0.39, 0.29) is 22.4 Å². The highest BCUT2D eigenvalue weighted by Crippen LogP contribution is 2.14. The molecule has 9 heteroatoms. The van der Waals surface area contributed by atoms with E-state index < -0.39 is 10.7 Å². The van der Waals surface area contributed by atoms with E-state index in [2.05, 4.69) is 15.8 Å². The number of para-hydroxylation sites is 1. The fraction of sp³-hybridized carbons (Fsp3) is 0. The summed E-state index contributed by atoms with van der Waals surface area (Å²) in [5.74, 6) is -0.654. The maximum Gasteiger partial charge on any atom is 0.433 e. The number of rotatable bonds is 4. The predicted molar refractivity (Wildman–Crippen MR) is 78.7 cm³/mol. The molecule has 0 bridgehead atoms. The first-order valence-corrected chi connectivity index (χ1v) is 6.06. The van der Waals surface area contributed by atoms with Gasteiger partial charge in [-0.3, -0.25) is 15.5 Å². The number of furan rings is 1. The maximum absolute atomic E-state index is 13.3. The van der Waals surface area contributed by atoms with Crippen LogP contribution in [-0.2, 0) is 0 Å². The Morgan fingerprint density at radius 1 is 1.38 bits per heavy atom. The molecule has 0 aliphatic heterocycles. The first-order chi connectivity index (χ1) is 10.1. The lowest BCUT2D eigenvalue weighted by Gasteiger charge is -2.07. The molecule has 1 aromatic heterocycles. The Morgan fingerprint density at radius 2 is 2.14 bits per heavy atom. The van der Waals surface area contributed by atoms with Crippen LogP contribution in [0.2, 0.25) is 0 Å². The minimum Gasteiger partial charge on any atom is -0.400 e. The van der Waals surface area contributed by atoms with Gasteiger partial charge in [0.05, 0.1) is 18.0 Å². The highest BCUT2D eigenvalue weighted by molar-refractivity contribution is 7.80. The third kappa shape index (κ3) is 4.08. The summed E-state index contributed by atoms with van der Waals surface area (Å²) in [4.78, 5) is 9.76. The van der Waals surface area contributed by atoms with Crippen molar-refractivity contribution in [3.05, 3.63) is 58.1 Å². The Balaban J connectivity index is 1.90. The van der Waals surface area contributed by atoms with Crippen molar-refractivity contribution in [1.82, 2.24) is 5.43 Å². The highest BCUT2D eigenvalue weighted by Gasteiger charge is 2.10. The molecule has 0 aliphatic carbocycles. The fourth-order valence-electron chi connectivity index (χ4n) is 1.38. The van der Waals surface area contributed by atoms with Gasteiger partial charge in [0.2, 0.25) is 0 Å². The Bertz CT molecular complexity index is 701. The van der Waals surface area contributed by atoms with Crippen LogP contribution in [0.3, 0.4) is 0 Å². The first-order valence-electron chi connectivity index (χ1n) is 5.65. The van der Waals surface area contributed by atoms with Gasteiger partial charge >= 0.3 is 5.88 Å². The zero-order chi connectivity index (χ0) is 15.2. The molecule has 21 heavy (non-hydrogen) atoms. The van der Waals surface area contributed by atoms with E-state index >= 15 is 0 Å². The van der Waals surface area contributed by atoms with Crippen molar-refractivity contribution in [3.63, 3.8) is 0 Å². The van der Waals surface area contributed by atoms with E-state index in [1.807, 2.05) is 0 Å². The van der Waals surface area contributed by atoms with Crippen LogP contribution in [-0.4, -0.2) is 16.3 Å². The second kappa shape index (κ2) is 6.57. The molecule has 0 spiro atoms. The average Bonchev–Trinajstić information content (AvgIpc) is 2.90. The summed E-state index contributed by atoms with van der Waals surface area (Å²) in [5.41, 5.74) is 2.65. The molecule has 0 unspecified atom stereocenters. The normalized spacial score (nSPS) is 10.5. The molecule has 0 radical (unpaired) electrons. The molecule has 2 N–H and O–H groups in total. The van der Waals surface area contributed by atoms with Crippen molar-refractivity contribution < 1.29 is 13.7 Å². The van der Waals surface area contributed by atoms with Gasteiger partial charge in [0.15, 0.2) is 10.9 Å². The predicted octanol–water partition coefficient (Wildman–Crippen LogP) is 2.65. The summed E-state index contributed by atoms with van der Waals surface area (Å²) < 4.78 is 18.2. The van der Waals surface area contributed by atoms with E-state index in [0.717, 1.165) is 0 Å². The number of thiocarbonyl (C=S) groups is 1. The van der Waals surface area contributed by atoms with Gasteiger partial charge in [0.1, 0.15) is 10.7 Å². The lowest BCUT2D eigenvalue weighted by Crippen LogP contribution is -2.24. The van der Waals surface area contributed by atoms with Crippen molar-refractivity contribution >= 4 is 35.1 Å². The summed E-state index contributed by atoms with van der Waals surface area (Å²) in [6.45, 7) is 0. The van der Waals surface area contributed by atoms with Crippen LogP contribution in [0.15, 0.2) is 45.9 Å². The topological polar surface area (TPSA) is 92.7 Å². The fourth-order valence-corrected chi connectivity index (χ4v) is 1.54. The maximum atomic E-state index is 13.3. The van der Waals surface area contributed by atoms with E-state index in [9.17, 15) is 14.5 Å². The Labute approximate surface area is 123 Å². The summed E-state index contributed by atoms with van der Waals surface area (Å²) in [6.07, 6.45) is 1.21. The Morgan fingerprint density at radius 3 is 2.81 bits per heavy atom. The van der Waals surface area contributed by atoms with E-state index in [1.165, 1.54) is 30.5 Å². The van der Waals surface area contributed by atoms with Crippen molar-refractivity contribution in [1.29, 1.82) is 0 Å². The van der Waals surface area contributed by atoms with Gasteiger partial charge in [-0.25, -0.2) is 4.39 Å². The summed E-state index contributed by atoms with van der Waals surface area (Å²) in [5, 5.41) is 16.8. The Kier molecular flexibility index (Phi) is 4.57. The molecular formula is C12H9FN4O3S. The van der Waals surface area contributed by atoms with Gasteiger partial charge in [-0.2, -0.15) is 5.10 Å². The smallest absolute Gasteiger partial charge is 0.400 e. The van der Waals surface area contributed by atoms with Gasteiger partial charge in [0.25, 0.3) is 0 Å². The molecule has 0 amide bonds. The van der Waals surface area contributed by atoms with Gasteiger partial charge < -0.3 is 9.73 Å². The highest BCUT2D eigenvalue weighted by atomic mass is 32.1. The van der Waals surface area contributed by atoms with E-state index in [1.54, 1.807) is 12.1 Å². The number of hydrazone groups is 1. The number of nitro groups is 1. The van der Waals surface area contributed by atoms with E-state index in [4.69, 9.17) is 16.6 Å². The molecule has 0 saturated carbocycles. The molecule has 0 atom stereocenters. The largest absolute Gasteiger partial charge is 0.433 e. The zero-order valence-electron chi connectivity index (χ0n) is 10.4. The van der Waals surface area contributed by atoms with Crippen molar-refractivity contribution in [2.45, 2.75) is 0 Å². The van der Waals surface area contributed by atoms with Crippen LogP contribution in [0.1, 0.15) is 5.76 Å². The third-order valence-corrected chi connectivity index (χ3v) is 2.47. The number of nitrogens with one attached hydrogen (secondary N) is 2. The summed E-state index contributed by atoms with van der Waals surface area (Å²) in [6, 6.07) is 8.60. The lowest BCUT2D eigenvalue weighted by molar-refractivity contribution is -0.402. The molecule has 2 rings (SSSR count). The monoisotopic (exact) mass is 308 g/mol. The minimum absolute atomic E-state index is 0.0670. The van der Waals surface area contributed by atoms with Gasteiger partial charge in [-0.15, -0.1) is 0 Å². The third-order valence-electron chi connectivity index (χ3n) is 2.27. The van der Waals surface area contributed by atoms with Gasteiger partial charge in [-0.1, -0.05) is 12.1 Å². The number of anilines is 1. The Hall–Kier alpha value is -2.81. The summed E-state index contributed by atoms with van der Waals surface area (Å²) in [7, 11) is 0. The average molecular weight is 308 g/mol. The molecule has 1 heterocycles. The number of hydrogen-bond acceptors (Lipinski definition) is 5. The lowest BCUT2D eigenvalue weighted by atomic mass is 10.3. The van der Waals surface area contributed by atoms with E-state index in [0.29, 0.717) is 0 Å². The second-order valence-electron chi connectivity index (χ2n) is 3.74. The molecule has 2 aromatic rings. The van der Waals surface area contributed by atoms with Crippen LogP contribution < -0.4 is 10.7 Å². The number of nitrogens with zero attached hydrogens (tertiary/aromatic N) is 2. The van der Waals surface area contributed by atoms with Crippen LogP contribution in [0.25, 0.3) is 0 Å². The van der Waals surface area contributed by atoms with Gasteiger partial charge in [-0.05, 0) is 30.4 Å². The van der Waals surface area contributed by atoms with Crippen molar-refractivity contribution in [2.24, 2.45) is 5.10 Å². The van der Waals surface area contributed by atoms with Crippen molar-refractivity contribution in [3.8, 4) is 0 Å². The number of halogens is 1. The second-order valence-corrected chi connectivity index (χ2v) is 4.15. The molecular weight excluding hydrogens is 299 g/mol. The molecule has 0 fully saturated rings. The standard InChI is InChI=1S/C12H9FN4O3S/c13-9-3-1-2-4-10(9)15-12(21)16-14-7-8-5-6-11(20-8)17(18)19/h1-7H,(H2,15,16,21)/b14-7+. The quantitative estimate of drug-likeness (QED) is 0.390.